The summed E-state index contributed by atoms with van der Waals surface area (Å²) in [5.74, 6) is 0.294. The van der Waals surface area contributed by atoms with Gasteiger partial charge in [0.1, 0.15) is 11.4 Å². The van der Waals surface area contributed by atoms with Gasteiger partial charge in [-0.05, 0) is 30.5 Å². The Morgan fingerprint density at radius 1 is 1.43 bits per heavy atom. The van der Waals surface area contributed by atoms with Crippen LogP contribution in [-0.2, 0) is 4.74 Å². The van der Waals surface area contributed by atoms with Gasteiger partial charge in [0, 0.05) is 17.0 Å². The topological polar surface area (TPSA) is 75.2 Å². The van der Waals surface area contributed by atoms with E-state index in [2.05, 4.69) is 25.9 Å². The average molecular weight is 351 g/mol. The van der Waals surface area contributed by atoms with Gasteiger partial charge in [-0.15, -0.1) is 0 Å². The summed E-state index contributed by atoms with van der Waals surface area (Å²) in [5, 5.41) is 10.2. The third kappa shape index (κ3) is 3.01. The molecule has 1 aliphatic rings. The van der Waals surface area contributed by atoms with Crippen LogP contribution in [0.15, 0.2) is 33.5 Å². The Morgan fingerprint density at radius 2 is 2.29 bits per heavy atom. The summed E-state index contributed by atoms with van der Waals surface area (Å²) in [6.45, 7) is 1.27. The van der Waals surface area contributed by atoms with Crippen molar-refractivity contribution >= 4 is 15.9 Å². The fraction of sp³-hybridized carbons (Fsp3) is 0.333. The summed E-state index contributed by atoms with van der Waals surface area (Å²) in [4.78, 5) is 19.3. The fourth-order valence-electron chi connectivity index (χ4n) is 2.53. The van der Waals surface area contributed by atoms with Gasteiger partial charge in [-0.1, -0.05) is 28.1 Å². The SMILES string of the molecule is O=c1[nH]c(C2CCCOC2)nc(O)c1-c1cccc(Br)c1. The minimum atomic E-state index is -0.332. The molecule has 0 bridgehead atoms. The van der Waals surface area contributed by atoms with Crippen LogP contribution in [-0.4, -0.2) is 28.3 Å². The highest BCUT2D eigenvalue weighted by molar-refractivity contribution is 9.10. The molecule has 1 fully saturated rings. The quantitative estimate of drug-likeness (QED) is 0.873. The van der Waals surface area contributed by atoms with Crippen LogP contribution in [0.1, 0.15) is 24.6 Å². The van der Waals surface area contributed by atoms with E-state index in [9.17, 15) is 9.90 Å². The number of aromatic amines is 1. The number of aromatic nitrogens is 2. The number of hydrogen-bond acceptors (Lipinski definition) is 4. The van der Waals surface area contributed by atoms with Gasteiger partial charge in [0.2, 0.25) is 5.88 Å². The number of H-pyrrole nitrogens is 1. The number of aromatic hydroxyl groups is 1. The van der Waals surface area contributed by atoms with Crippen LogP contribution in [0.4, 0.5) is 0 Å². The van der Waals surface area contributed by atoms with E-state index in [1.807, 2.05) is 6.07 Å². The molecule has 21 heavy (non-hydrogen) atoms. The average Bonchev–Trinajstić information content (AvgIpc) is 2.47. The Kier molecular flexibility index (Phi) is 4.07. The Hall–Kier alpha value is -1.66. The number of hydrogen-bond donors (Lipinski definition) is 2. The van der Waals surface area contributed by atoms with Gasteiger partial charge >= 0.3 is 0 Å². The maximum Gasteiger partial charge on any atom is 0.262 e. The number of nitrogens with one attached hydrogen (secondary N) is 1. The maximum atomic E-state index is 12.3. The first-order valence-electron chi connectivity index (χ1n) is 6.82. The van der Waals surface area contributed by atoms with Crippen molar-refractivity contribution in [3.63, 3.8) is 0 Å². The van der Waals surface area contributed by atoms with Crippen LogP contribution in [0.25, 0.3) is 11.1 Å². The van der Waals surface area contributed by atoms with Crippen molar-refractivity contribution in [2.24, 2.45) is 0 Å². The number of ether oxygens (including phenoxy) is 1. The second-order valence-electron chi connectivity index (χ2n) is 5.07. The van der Waals surface area contributed by atoms with Crippen LogP contribution in [0.2, 0.25) is 0 Å². The first-order chi connectivity index (χ1) is 10.1. The molecular formula is C15H15BrN2O3. The van der Waals surface area contributed by atoms with E-state index in [0.29, 0.717) is 18.0 Å². The van der Waals surface area contributed by atoms with Crippen molar-refractivity contribution in [1.82, 2.24) is 9.97 Å². The lowest BCUT2D eigenvalue weighted by Gasteiger charge is -2.21. The molecule has 0 spiro atoms. The van der Waals surface area contributed by atoms with E-state index in [4.69, 9.17) is 4.74 Å². The van der Waals surface area contributed by atoms with E-state index in [-0.39, 0.29) is 22.9 Å². The summed E-state index contributed by atoms with van der Waals surface area (Å²) in [6.07, 6.45) is 1.83. The van der Waals surface area contributed by atoms with Crippen LogP contribution >= 0.6 is 15.9 Å². The van der Waals surface area contributed by atoms with Gasteiger partial charge < -0.3 is 14.8 Å². The lowest BCUT2D eigenvalue weighted by atomic mass is 10.0. The van der Waals surface area contributed by atoms with Crippen molar-refractivity contribution in [2.75, 3.05) is 13.2 Å². The molecule has 0 saturated carbocycles. The standard InChI is InChI=1S/C15H15BrN2O3/c16-11-5-1-3-9(7-11)12-14(19)17-13(18-15(12)20)10-4-2-6-21-8-10/h1,3,5,7,10H,2,4,6,8H2,(H2,17,18,19,20). The fourth-order valence-corrected chi connectivity index (χ4v) is 2.93. The molecule has 2 aromatic rings. The lowest BCUT2D eigenvalue weighted by molar-refractivity contribution is 0.0778. The first-order valence-corrected chi connectivity index (χ1v) is 7.61. The minimum Gasteiger partial charge on any atom is -0.493 e. The molecule has 2 heterocycles. The molecular weight excluding hydrogens is 336 g/mol. The zero-order valence-corrected chi connectivity index (χ0v) is 12.9. The summed E-state index contributed by atoms with van der Waals surface area (Å²) in [6, 6.07) is 7.20. The molecule has 2 N–H and O–H groups in total. The highest BCUT2D eigenvalue weighted by Gasteiger charge is 2.21. The highest BCUT2D eigenvalue weighted by atomic mass is 79.9. The van der Waals surface area contributed by atoms with Gasteiger partial charge in [0.25, 0.3) is 5.56 Å². The van der Waals surface area contributed by atoms with Gasteiger partial charge in [0.05, 0.1) is 6.61 Å². The normalized spacial score (nSPS) is 18.6. The summed E-state index contributed by atoms with van der Waals surface area (Å²) >= 11 is 3.35. The zero-order valence-electron chi connectivity index (χ0n) is 11.3. The number of rotatable bonds is 2. The molecule has 1 aromatic heterocycles. The van der Waals surface area contributed by atoms with Crippen LogP contribution in [0, 0.1) is 0 Å². The molecule has 6 heteroatoms. The summed E-state index contributed by atoms with van der Waals surface area (Å²) in [7, 11) is 0. The largest absolute Gasteiger partial charge is 0.493 e. The Bertz CT molecular complexity index is 708. The van der Waals surface area contributed by atoms with Gasteiger partial charge in [0.15, 0.2) is 0 Å². The molecule has 5 nitrogen and oxygen atoms in total. The molecule has 1 aliphatic heterocycles. The van der Waals surface area contributed by atoms with E-state index in [0.717, 1.165) is 23.9 Å². The molecule has 1 atom stereocenters. The third-order valence-corrected chi connectivity index (χ3v) is 4.07. The number of nitrogens with zero attached hydrogens (tertiary/aromatic N) is 1. The molecule has 1 aromatic carbocycles. The Balaban J connectivity index is 2.02. The molecule has 0 aliphatic carbocycles. The van der Waals surface area contributed by atoms with Crippen molar-refractivity contribution in [3.8, 4) is 17.0 Å². The van der Waals surface area contributed by atoms with E-state index < -0.39 is 0 Å². The smallest absolute Gasteiger partial charge is 0.262 e. The van der Waals surface area contributed by atoms with Crippen molar-refractivity contribution in [3.05, 3.63) is 44.9 Å². The lowest BCUT2D eigenvalue weighted by Crippen LogP contribution is -2.22. The van der Waals surface area contributed by atoms with Crippen LogP contribution in [0.3, 0.4) is 0 Å². The number of halogens is 1. The Labute approximate surface area is 130 Å². The van der Waals surface area contributed by atoms with E-state index in [1.165, 1.54) is 0 Å². The monoisotopic (exact) mass is 350 g/mol. The molecule has 0 radical (unpaired) electrons. The molecule has 1 unspecified atom stereocenters. The molecule has 110 valence electrons. The van der Waals surface area contributed by atoms with Crippen LogP contribution in [0.5, 0.6) is 5.88 Å². The first kappa shape index (κ1) is 14.3. The highest BCUT2D eigenvalue weighted by Crippen LogP contribution is 2.28. The Morgan fingerprint density at radius 3 is 2.95 bits per heavy atom. The second-order valence-corrected chi connectivity index (χ2v) is 5.99. The third-order valence-electron chi connectivity index (χ3n) is 3.58. The van der Waals surface area contributed by atoms with E-state index in [1.54, 1.807) is 18.2 Å². The van der Waals surface area contributed by atoms with Gasteiger partial charge in [-0.25, -0.2) is 0 Å². The van der Waals surface area contributed by atoms with Gasteiger partial charge in [-0.2, -0.15) is 4.98 Å². The molecule has 1 saturated heterocycles. The number of benzene rings is 1. The van der Waals surface area contributed by atoms with Crippen LogP contribution < -0.4 is 5.56 Å². The van der Waals surface area contributed by atoms with Crippen molar-refractivity contribution in [1.29, 1.82) is 0 Å². The molecule has 3 rings (SSSR count). The van der Waals surface area contributed by atoms with Crippen molar-refractivity contribution < 1.29 is 9.84 Å². The summed E-state index contributed by atoms with van der Waals surface area (Å²) in [5.41, 5.74) is 0.486. The zero-order chi connectivity index (χ0) is 14.8. The predicted octanol–water partition coefficient (Wildman–Crippen LogP) is 2.80. The van der Waals surface area contributed by atoms with Crippen molar-refractivity contribution in [2.45, 2.75) is 18.8 Å². The van der Waals surface area contributed by atoms with E-state index >= 15 is 0 Å². The predicted molar refractivity (Wildman–Crippen MR) is 82.5 cm³/mol. The second kappa shape index (κ2) is 5.99. The summed E-state index contributed by atoms with van der Waals surface area (Å²) < 4.78 is 6.23. The maximum absolute atomic E-state index is 12.3. The minimum absolute atomic E-state index is 0.0360. The molecule has 0 amide bonds. The van der Waals surface area contributed by atoms with Gasteiger partial charge in [-0.3, -0.25) is 4.79 Å².